The predicted octanol–water partition coefficient (Wildman–Crippen LogP) is 0.773. The molecule has 2 amide bonds. The molecule has 100 valence electrons. The molecule has 0 aliphatic rings. The third-order valence-electron chi connectivity index (χ3n) is 2.51. The number of nitrogens with zero attached hydrogens (tertiary/aromatic N) is 1. The van der Waals surface area contributed by atoms with Crippen LogP contribution in [0.5, 0.6) is 0 Å². The standard InChI is InChI=1S/C11H22N2O4/c1-5-9(10(14)15)13(3)11(16)12-6-8(2)7-17-4/h8-9H,5-7H2,1-4H3,(H,12,16)(H,14,15). The molecule has 0 radical (unpaired) electrons. The number of aliphatic carboxylic acids is 1. The number of carbonyl (C=O) groups excluding carboxylic acids is 1. The molecule has 0 heterocycles. The SMILES string of the molecule is CCC(C(=O)O)N(C)C(=O)NCC(C)COC. The van der Waals surface area contributed by atoms with Crippen molar-refractivity contribution in [2.75, 3.05) is 27.3 Å². The van der Waals surface area contributed by atoms with Gasteiger partial charge in [-0.15, -0.1) is 0 Å². The molecule has 0 rings (SSSR count). The van der Waals surface area contributed by atoms with Crippen molar-refractivity contribution in [2.45, 2.75) is 26.3 Å². The predicted molar refractivity (Wildman–Crippen MR) is 63.9 cm³/mol. The number of hydrogen-bond donors (Lipinski definition) is 2. The maximum absolute atomic E-state index is 11.7. The average Bonchev–Trinajstić information content (AvgIpc) is 2.26. The number of amides is 2. The van der Waals surface area contributed by atoms with E-state index < -0.39 is 12.0 Å². The van der Waals surface area contributed by atoms with E-state index in [2.05, 4.69) is 5.32 Å². The van der Waals surface area contributed by atoms with E-state index in [1.165, 1.54) is 11.9 Å². The zero-order chi connectivity index (χ0) is 13.4. The van der Waals surface area contributed by atoms with Crippen LogP contribution in [0, 0.1) is 5.92 Å². The highest BCUT2D eigenvalue weighted by molar-refractivity contribution is 5.82. The number of nitrogens with one attached hydrogen (secondary N) is 1. The first-order chi connectivity index (χ1) is 7.93. The van der Waals surface area contributed by atoms with Crippen LogP contribution in [0.1, 0.15) is 20.3 Å². The normalized spacial score (nSPS) is 13.9. The van der Waals surface area contributed by atoms with Gasteiger partial charge in [0, 0.05) is 20.7 Å². The van der Waals surface area contributed by atoms with Crippen molar-refractivity contribution in [3.05, 3.63) is 0 Å². The molecule has 0 fully saturated rings. The third-order valence-corrected chi connectivity index (χ3v) is 2.51. The van der Waals surface area contributed by atoms with Crippen LogP contribution in [0.25, 0.3) is 0 Å². The van der Waals surface area contributed by atoms with Gasteiger partial charge in [0.15, 0.2) is 0 Å². The summed E-state index contributed by atoms with van der Waals surface area (Å²) >= 11 is 0. The highest BCUT2D eigenvalue weighted by atomic mass is 16.5. The number of carboxylic acids is 1. The number of ether oxygens (including phenoxy) is 1. The summed E-state index contributed by atoms with van der Waals surface area (Å²) in [5, 5.41) is 11.6. The number of hydrogen-bond acceptors (Lipinski definition) is 3. The van der Waals surface area contributed by atoms with E-state index in [0.717, 1.165) is 0 Å². The Morgan fingerprint density at radius 2 is 2.06 bits per heavy atom. The second kappa shape index (κ2) is 7.89. The number of rotatable bonds is 7. The van der Waals surface area contributed by atoms with Crippen LogP contribution in [-0.2, 0) is 9.53 Å². The Morgan fingerprint density at radius 1 is 1.47 bits per heavy atom. The molecule has 2 N–H and O–H groups in total. The summed E-state index contributed by atoms with van der Waals surface area (Å²) in [5.74, 6) is -0.794. The van der Waals surface area contributed by atoms with Crippen LogP contribution in [0.3, 0.4) is 0 Å². The lowest BCUT2D eigenvalue weighted by atomic mass is 10.2. The van der Waals surface area contributed by atoms with Gasteiger partial charge in [-0.2, -0.15) is 0 Å². The van der Waals surface area contributed by atoms with Crippen molar-refractivity contribution < 1.29 is 19.4 Å². The fraction of sp³-hybridized carbons (Fsp3) is 0.818. The van der Waals surface area contributed by atoms with E-state index in [4.69, 9.17) is 9.84 Å². The van der Waals surface area contributed by atoms with E-state index in [9.17, 15) is 9.59 Å². The van der Waals surface area contributed by atoms with Gasteiger partial charge in [-0.3, -0.25) is 0 Å². The Kier molecular flexibility index (Phi) is 7.29. The van der Waals surface area contributed by atoms with Crippen LogP contribution in [0.15, 0.2) is 0 Å². The molecule has 0 aromatic rings. The highest BCUT2D eigenvalue weighted by Gasteiger charge is 2.24. The minimum Gasteiger partial charge on any atom is -0.480 e. The largest absolute Gasteiger partial charge is 0.480 e. The van der Waals surface area contributed by atoms with Crippen molar-refractivity contribution in [1.82, 2.24) is 10.2 Å². The van der Waals surface area contributed by atoms with Gasteiger partial charge in [0.1, 0.15) is 6.04 Å². The summed E-state index contributed by atoms with van der Waals surface area (Å²) in [4.78, 5) is 23.8. The van der Waals surface area contributed by atoms with Gasteiger partial charge in [0.25, 0.3) is 0 Å². The van der Waals surface area contributed by atoms with Crippen LogP contribution in [0.2, 0.25) is 0 Å². The Balaban J connectivity index is 4.17. The van der Waals surface area contributed by atoms with Crippen LogP contribution in [0.4, 0.5) is 4.79 Å². The van der Waals surface area contributed by atoms with Gasteiger partial charge in [0.2, 0.25) is 0 Å². The second-order valence-electron chi connectivity index (χ2n) is 4.12. The van der Waals surface area contributed by atoms with Crippen molar-refractivity contribution >= 4 is 12.0 Å². The van der Waals surface area contributed by atoms with Gasteiger partial charge in [-0.1, -0.05) is 13.8 Å². The monoisotopic (exact) mass is 246 g/mol. The third kappa shape index (κ3) is 5.53. The number of likely N-dealkylation sites (N-methyl/N-ethyl adjacent to an activating group) is 1. The van der Waals surface area contributed by atoms with Crippen molar-refractivity contribution in [2.24, 2.45) is 5.92 Å². The maximum atomic E-state index is 11.7. The smallest absolute Gasteiger partial charge is 0.326 e. The van der Waals surface area contributed by atoms with Gasteiger partial charge in [-0.25, -0.2) is 9.59 Å². The lowest BCUT2D eigenvalue weighted by Crippen LogP contribution is -2.48. The number of urea groups is 1. The molecular weight excluding hydrogens is 224 g/mol. The van der Waals surface area contributed by atoms with Crippen molar-refractivity contribution in [3.8, 4) is 0 Å². The van der Waals surface area contributed by atoms with E-state index in [1.807, 2.05) is 6.92 Å². The zero-order valence-corrected chi connectivity index (χ0v) is 10.9. The second-order valence-corrected chi connectivity index (χ2v) is 4.12. The number of carboxylic acid groups (broad SMARTS) is 1. The van der Waals surface area contributed by atoms with Crippen LogP contribution < -0.4 is 5.32 Å². The minimum atomic E-state index is -0.991. The van der Waals surface area contributed by atoms with Crippen LogP contribution >= 0.6 is 0 Å². The zero-order valence-electron chi connectivity index (χ0n) is 10.9. The Labute approximate surface area is 102 Å². The molecule has 0 aromatic heterocycles. The average molecular weight is 246 g/mol. The molecule has 0 aromatic carbocycles. The lowest BCUT2D eigenvalue weighted by molar-refractivity contribution is -0.141. The summed E-state index contributed by atoms with van der Waals surface area (Å²) in [6, 6.07) is -1.16. The van der Waals surface area contributed by atoms with Crippen LogP contribution in [-0.4, -0.2) is 55.4 Å². The molecule has 6 heteroatoms. The van der Waals surface area contributed by atoms with E-state index >= 15 is 0 Å². The molecule has 0 bridgehead atoms. The molecule has 0 saturated heterocycles. The molecule has 0 aliphatic carbocycles. The minimum absolute atomic E-state index is 0.197. The summed E-state index contributed by atoms with van der Waals surface area (Å²) in [6.45, 7) is 4.70. The van der Waals surface area contributed by atoms with Gasteiger partial charge in [0.05, 0.1) is 6.61 Å². The summed E-state index contributed by atoms with van der Waals surface area (Å²) < 4.78 is 4.94. The highest BCUT2D eigenvalue weighted by Crippen LogP contribution is 2.02. The lowest BCUT2D eigenvalue weighted by Gasteiger charge is -2.24. The maximum Gasteiger partial charge on any atom is 0.326 e. The Hall–Kier alpha value is -1.30. The molecule has 0 spiro atoms. The fourth-order valence-electron chi connectivity index (χ4n) is 1.49. The summed E-state index contributed by atoms with van der Waals surface area (Å²) in [7, 11) is 3.08. The molecule has 6 nitrogen and oxygen atoms in total. The first kappa shape index (κ1) is 15.7. The number of carbonyl (C=O) groups is 2. The van der Waals surface area contributed by atoms with E-state index in [1.54, 1.807) is 14.0 Å². The quantitative estimate of drug-likeness (QED) is 0.695. The summed E-state index contributed by atoms with van der Waals surface area (Å²) in [5.41, 5.74) is 0. The summed E-state index contributed by atoms with van der Waals surface area (Å²) in [6.07, 6.45) is 0.382. The Bertz CT molecular complexity index is 258. The molecule has 17 heavy (non-hydrogen) atoms. The molecular formula is C11H22N2O4. The molecule has 0 saturated carbocycles. The Morgan fingerprint density at radius 3 is 2.47 bits per heavy atom. The topological polar surface area (TPSA) is 78.9 Å². The van der Waals surface area contributed by atoms with E-state index in [-0.39, 0.29) is 11.9 Å². The first-order valence-electron chi connectivity index (χ1n) is 5.66. The van der Waals surface area contributed by atoms with Crippen molar-refractivity contribution in [3.63, 3.8) is 0 Å². The molecule has 2 atom stereocenters. The van der Waals surface area contributed by atoms with E-state index in [0.29, 0.717) is 19.6 Å². The molecule has 0 aliphatic heterocycles. The van der Waals surface area contributed by atoms with Gasteiger partial charge >= 0.3 is 12.0 Å². The molecule has 2 unspecified atom stereocenters. The van der Waals surface area contributed by atoms with Gasteiger partial charge < -0.3 is 20.1 Å². The fourth-order valence-corrected chi connectivity index (χ4v) is 1.49. The van der Waals surface area contributed by atoms with Crippen molar-refractivity contribution in [1.29, 1.82) is 0 Å². The number of methoxy groups -OCH3 is 1. The first-order valence-corrected chi connectivity index (χ1v) is 5.66. The van der Waals surface area contributed by atoms with Gasteiger partial charge in [-0.05, 0) is 12.3 Å².